The summed E-state index contributed by atoms with van der Waals surface area (Å²) in [6.07, 6.45) is 11.2. The van der Waals surface area contributed by atoms with E-state index in [2.05, 4.69) is 22.5 Å². The predicted molar refractivity (Wildman–Crippen MR) is 125 cm³/mol. The zero-order valence-electron chi connectivity index (χ0n) is 17.7. The van der Waals surface area contributed by atoms with E-state index >= 15 is 0 Å². The quantitative estimate of drug-likeness (QED) is 0.343. The molecular formula is C22H37IN4O2. The molecule has 0 aromatic carbocycles. The fourth-order valence-electron chi connectivity index (χ4n) is 6.37. The minimum atomic E-state index is 0. The van der Waals surface area contributed by atoms with E-state index in [1.807, 2.05) is 0 Å². The molecule has 5 aliphatic rings. The number of rotatable bonds is 4. The summed E-state index contributed by atoms with van der Waals surface area (Å²) in [6.45, 7) is 5.60. The number of guanidine groups is 1. The van der Waals surface area contributed by atoms with Crippen molar-refractivity contribution in [2.45, 2.75) is 82.9 Å². The molecule has 29 heavy (non-hydrogen) atoms. The van der Waals surface area contributed by atoms with Crippen LogP contribution in [-0.4, -0.2) is 61.2 Å². The standard InChI is InChI=1S/C22H36N4O2.HI/c1-2-23-21(24-16-7-12-26(13-8-16)20(27)15-5-6-15)25-18-17-9-14-28-19(17)22(18)10-3-4-11-22;/h15-19H,2-14H2,1H3,(H2,23,24,25);1H. The maximum atomic E-state index is 12.3. The fraction of sp³-hybridized carbons (Fsp3) is 0.909. The number of likely N-dealkylation sites (tertiary alicyclic amines) is 1. The van der Waals surface area contributed by atoms with Gasteiger partial charge in [-0.15, -0.1) is 24.0 Å². The summed E-state index contributed by atoms with van der Waals surface area (Å²) in [5, 5.41) is 7.55. The lowest BCUT2D eigenvalue weighted by Crippen LogP contribution is -2.69. The van der Waals surface area contributed by atoms with Crippen LogP contribution in [0.15, 0.2) is 4.99 Å². The van der Waals surface area contributed by atoms with Gasteiger partial charge in [0.2, 0.25) is 5.91 Å². The zero-order chi connectivity index (χ0) is 19.1. The number of carbonyl (C=O) groups is 1. The van der Waals surface area contributed by atoms with Crippen LogP contribution in [0.2, 0.25) is 0 Å². The third kappa shape index (κ3) is 4.02. The van der Waals surface area contributed by atoms with Gasteiger partial charge in [-0.25, -0.2) is 0 Å². The number of nitrogens with one attached hydrogen (secondary N) is 2. The number of amides is 1. The molecule has 2 heterocycles. The highest BCUT2D eigenvalue weighted by Gasteiger charge is 2.65. The Labute approximate surface area is 192 Å². The number of nitrogens with zero attached hydrogens (tertiary/aromatic N) is 2. The third-order valence-electron chi connectivity index (χ3n) is 7.97. The molecular weight excluding hydrogens is 479 g/mol. The maximum Gasteiger partial charge on any atom is 0.225 e. The second kappa shape index (κ2) is 8.89. The number of piperidine rings is 1. The molecule has 2 saturated heterocycles. The van der Waals surface area contributed by atoms with E-state index < -0.39 is 0 Å². The molecule has 3 unspecified atom stereocenters. The first-order valence-electron chi connectivity index (χ1n) is 11.7. The highest BCUT2D eigenvalue weighted by molar-refractivity contribution is 14.0. The number of hydrogen-bond donors (Lipinski definition) is 2. The molecule has 7 heteroatoms. The van der Waals surface area contributed by atoms with Crippen molar-refractivity contribution in [3.8, 4) is 0 Å². The van der Waals surface area contributed by atoms with Crippen LogP contribution in [0, 0.1) is 17.3 Å². The van der Waals surface area contributed by atoms with Crippen molar-refractivity contribution >= 4 is 35.8 Å². The average molecular weight is 516 g/mol. The summed E-state index contributed by atoms with van der Waals surface area (Å²) in [6, 6.07) is 0.924. The molecule has 0 aromatic heterocycles. The van der Waals surface area contributed by atoms with Gasteiger partial charge in [-0.2, -0.15) is 0 Å². The van der Waals surface area contributed by atoms with Crippen molar-refractivity contribution in [1.29, 1.82) is 0 Å². The Kier molecular flexibility index (Phi) is 6.64. The van der Waals surface area contributed by atoms with E-state index in [1.54, 1.807) is 0 Å². The Morgan fingerprint density at radius 2 is 1.83 bits per heavy atom. The van der Waals surface area contributed by atoms with E-state index in [0.717, 1.165) is 57.9 Å². The maximum absolute atomic E-state index is 12.3. The molecule has 2 N–H and O–H groups in total. The van der Waals surface area contributed by atoms with Gasteiger partial charge in [0, 0.05) is 55.6 Å². The number of ether oxygens (including phenoxy) is 1. The van der Waals surface area contributed by atoms with Gasteiger partial charge in [0.15, 0.2) is 5.96 Å². The third-order valence-corrected chi connectivity index (χ3v) is 7.97. The molecule has 1 amide bonds. The van der Waals surface area contributed by atoms with Gasteiger partial charge in [-0.05, 0) is 51.9 Å². The van der Waals surface area contributed by atoms with Gasteiger partial charge in [0.05, 0.1) is 6.10 Å². The Bertz CT molecular complexity index is 624. The Hall–Kier alpha value is -0.570. The summed E-state index contributed by atoms with van der Waals surface area (Å²) in [4.78, 5) is 19.1. The summed E-state index contributed by atoms with van der Waals surface area (Å²) in [7, 11) is 0. The van der Waals surface area contributed by atoms with Crippen molar-refractivity contribution in [3.05, 3.63) is 0 Å². The summed E-state index contributed by atoms with van der Waals surface area (Å²) < 4.78 is 6.13. The van der Waals surface area contributed by atoms with Crippen LogP contribution < -0.4 is 10.6 Å². The van der Waals surface area contributed by atoms with Crippen molar-refractivity contribution in [3.63, 3.8) is 0 Å². The van der Waals surface area contributed by atoms with Crippen molar-refractivity contribution in [2.75, 3.05) is 26.2 Å². The largest absolute Gasteiger partial charge is 0.377 e. The van der Waals surface area contributed by atoms with E-state index in [-0.39, 0.29) is 24.0 Å². The van der Waals surface area contributed by atoms with Gasteiger partial charge in [-0.1, -0.05) is 12.8 Å². The molecule has 5 fully saturated rings. The monoisotopic (exact) mass is 516 g/mol. The second-order valence-corrected chi connectivity index (χ2v) is 9.65. The number of carbonyl (C=O) groups excluding carboxylic acids is 1. The van der Waals surface area contributed by atoms with E-state index in [1.165, 1.54) is 32.1 Å². The Balaban J connectivity index is 0.00000205. The lowest BCUT2D eigenvalue weighted by Gasteiger charge is -2.57. The van der Waals surface area contributed by atoms with Gasteiger partial charge < -0.3 is 20.3 Å². The smallest absolute Gasteiger partial charge is 0.225 e. The molecule has 3 atom stereocenters. The molecule has 1 spiro atoms. The number of aliphatic imine (C=N–C) groups is 1. The lowest BCUT2D eigenvalue weighted by atomic mass is 9.54. The molecule has 0 radical (unpaired) electrons. The lowest BCUT2D eigenvalue weighted by molar-refractivity contribution is -0.133. The summed E-state index contributed by atoms with van der Waals surface area (Å²) in [5.41, 5.74) is 0.345. The fourth-order valence-corrected chi connectivity index (χ4v) is 6.37. The van der Waals surface area contributed by atoms with E-state index in [0.29, 0.717) is 41.3 Å². The highest BCUT2D eigenvalue weighted by Crippen LogP contribution is 2.60. The van der Waals surface area contributed by atoms with Crippen LogP contribution in [0.1, 0.15) is 64.7 Å². The Morgan fingerprint density at radius 3 is 2.48 bits per heavy atom. The molecule has 6 nitrogen and oxygen atoms in total. The van der Waals surface area contributed by atoms with Crippen molar-refractivity contribution < 1.29 is 9.53 Å². The number of hydrogen-bond acceptors (Lipinski definition) is 3. The molecule has 164 valence electrons. The van der Waals surface area contributed by atoms with E-state index in [4.69, 9.17) is 9.73 Å². The molecule has 3 saturated carbocycles. The minimum Gasteiger partial charge on any atom is -0.377 e. The van der Waals surface area contributed by atoms with Crippen LogP contribution in [0.3, 0.4) is 0 Å². The second-order valence-electron chi connectivity index (χ2n) is 9.65. The SMILES string of the molecule is CCN=C(NC1CCN(C(=O)C2CC2)CC1)NC1C2CCOC2C12CCCC2.I. The summed E-state index contributed by atoms with van der Waals surface area (Å²) >= 11 is 0. The molecule has 0 aromatic rings. The van der Waals surface area contributed by atoms with Gasteiger partial charge >= 0.3 is 0 Å². The normalized spacial score (nSPS) is 33.8. The average Bonchev–Trinajstić information content (AvgIpc) is 3.25. The van der Waals surface area contributed by atoms with Gasteiger partial charge in [-0.3, -0.25) is 9.79 Å². The minimum absolute atomic E-state index is 0. The van der Waals surface area contributed by atoms with Crippen LogP contribution in [0.25, 0.3) is 0 Å². The highest BCUT2D eigenvalue weighted by atomic mass is 127. The summed E-state index contributed by atoms with van der Waals surface area (Å²) in [5.74, 6) is 2.37. The van der Waals surface area contributed by atoms with Gasteiger partial charge in [0.25, 0.3) is 0 Å². The van der Waals surface area contributed by atoms with Crippen LogP contribution in [0.4, 0.5) is 0 Å². The van der Waals surface area contributed by atoms with Crippen LogP contribution in [0.5, 0.6) is 0 Å². The molecule has 5 rings (SSSR count). The van der Waals surface area contributed by atoms with Crippen LogP contribution >= 0.6 is 24.0 Å². The topological polar surface area (TPSA) is 66.0 Å². The van der Waals surface area contributed by atoms with E-state index in [9.17, 15) is 4.79 Å². The predicted octanol–water partition coefficient (Wildman–Crippen LogP) is 2.91. The zero-order valence-corrected chi connectivity index (χ0v) is 20.0. The van der Waals surface area contributed by atoms with Crippen molar-refractivity contribution in [1.82, 2.24) is 15.5 Å². The Morgan fingerprint density at radius 1 is 1.10 bits per heavy atom. The number of halogens is 1. The first-order chi connectivity index (χ1) is 13.7. The van der Waals surface area contributed by atoms with Gasteiger partial charge in [0.1, 0.15) is 0 Å². The first-order valence-corrected chi connectivity index (χ1v) is 11.7. The van der Waals surface area contributed by atoms with Crippen molar-refractivity contribution in [2.24, 2.45) is 22.2 Å². The first kappa shape index (κ1) is 21.7. The molecule has 2 aliphatic heterocycles. The molecule has 3 aliphatic carbocycles. The van der Waals surface area contributed by atoms with Crippen LogP contribution in [-0.2, 0) is 9.53 Å². The number of fused-ring (bicyclic) bond motifs is 2. The molecule has 0 bridgehead atoms.